The van der Waals surface area contributed by atoms with E-state index in [1.165, 1.54) is 0 Å². The number of pyridine rings is 1. The Hall–Kier alpha value is -2.67. The number of fused-ring (bicyclic) bond motifs is 1. The van der Waals surface area contributed by atoms with Gasteiger partial charge in [0.05, 0.1) is 5.69 Å². The fourth-order valence-electron chi connectivity index (χ4n) is 2.00. The zero-order valence-electron chi connectivity index (χ0n) is 11.7. The number of rotatable bonds is 4. The highest BCUT2D eigenvalue weighted by atomic mass is 32.2. The van der Waals surface area contributed by atoms with Gasteiger partial charge in [0.1, 0.15) is 5.65 Å². The number of imidazole rings is 1. The summed E-state index contributed by atoms with van der Waals surface area (Å²) in [6.45, 7) is 0. The number of carbonyl (C=O) groups is 1. The molecule has 3 aromatic rings. The van der Waals surface area contributed by atoms with Crippen molar-refractivity contribution in [3.63, 3.8) is 0 Å². The minimum absolute atomic E-state index is 0.115. The van der Waals surface area contributed by atoms with E-state index in [-0.39, 0.29) is 11.5 Å². The van der Waals surface area contributed by atoms with Crippen LogP contribution in [0.4, 0.5) is 11.5 Å². The van der Waals surface area contributed by atoms with Crippen LogP contribution in [0.25, 0.3) is 5.65 Å². The van der Waals surface area contributed by atoms with Crippen LogP contribution >= 0.6 is 11.8 Å². The molecular formula is C15H12N4O2S. The van der Waals surface area contributed by atoms with Crippen molar-refractivity contribution in [1.29, 1.82) is 0 Å². The van der Waals surface area contributed by atoms with Crippen molar-refractivity contribution in [2.45, 2.75) is 4.90 Å². The van der Waals surface area contributed by atoms with E-state index in [1.54, 1.807) is 40.6 Å². The fourth-order valence-corrected chi connectivity index (χ4v) is 2.45. The number of carboxylic acids is 1. The van der Waals surface area contributed by atoms with Gasteiger partial charge in [0.15, 0.2) is 11.5 Å². The maximum Gasteiger partial charge on any atom is 0.358 e. The van der Waals surface area contributed by atoms with Gasteiger partial charge in [-0.2, -0.15) is 0 Å². The highest BCUT2D eigenvalue weighted by molar-refractivity contribution is 7.98. The molecule has 0 spiro atoms. The SMILES string of the molecule is CSc1cccc(N=Nc2c(C(=O)O)nc3ccccn23)c1. The van der Waals surface area contributed by atoms with Gasteiger partial charge in [-0.1, -0.05) is 12.1 Å². The topological polar surface area (TPSA) is 79.3 Å². The van der Waals surface area contributed by atoms with E-state index in [1.807, 2.05) is 30.5 Å². The molecule has 1 aromatic carbocycles. The van der Waals surface area contributed by atoms with Crippen molar-refractivity contribution in [3.05, 3.63) is 54.4 Å². The lowest BCUT2D eigenvalue weighted by atomic mass is 10.3. The van der Waals surface area contributed by atoms with Gasteiger partial charge in [0.25, 0.3) is 0 Å². The molecule has 0 aliphatic rings. The van der Waals surface area contributed by atoms with E-state index < -0.39 is 5.97 Å². The molecule has 0 aliphatic carbocycles. The van der Waals surface area contributed by atoms with Gasteiger partial charge in [-0.3, -0.25) is 4.40 Å². The lowest BCUT2D eigenvalue weighted by molar-refractivity contribution is 0.0692. The largest absolute Gasteiger partial charge is 0.476 e. The fraction of sp³-hybridized carbons (Fsp3) is 0.0667. The summed E-state index contributed by atoms with van der Waals surface area (Å²) in [7, 11) is 0. The maximum atomic E-state index is 11.3. The molecule has 2 aromatic heterocycles. The molecule has 0 bridgehead atoms. The van der Waals surface area contributed by atoms with Gasteiger partial charge in [-0.05, 0) is 36.6 Å². The van der Waals surface area contributed by atoms with E-state index in [0.717, 1.165) is 4.90 Å². The summed E-state index contributed by atoms with van der Waals surface area (Å²) in [4.78, 5) is 16.4. The smallest absolute Gasteiger partial charge is 0.358 e. The summed E-state index contributed by atoms with van der Waals surface area (Å²) in [5.74, 6) is -0.923. The summed E-state index contributed by atoms with van der Waals surface area (Å²) >= 11 is 1.60. The van der Waals surface area contributed by atoms with Crippen LogP contribution in [0.2, 0.25) is 0 Å². The Kier molecular flexibility index (Phi) is 3.88. The third kappa shape index (κ3) is 2.71. The highest BCUT2D eigenvalue weighted by Crippen LogP contribution is 2.26. The Balaban J connectivity index is 2.07. The molecule has 0 fully saturated rings. The average Bonchev–Trinajstić information content (AvgIpc) is 2.92. The number of hydrogen-bond acceptors (Lipinski definition) is 5. The molecule has 1 N–H and O–H groups in total. The van der Waals surface area contributed by atoms with E-state index in [2.05, 4.69) is 15.2 Å². The van der Waals surface area contributed by atoms with Crippen LogP contribution in [-0.4, -0.2) is 26.7 Å². The number of aromatic carboxylic acids is 1. The molecule has 0 radical (unpaired) electrons. The zero-order chi connectivity index (χ0) is 15.5. The van der Waals surface area contributed by atoms with Crippen LogP contribution in [-0.2, 0) is 0 Å². The first-order chi connectivity index (χ1) is 10.7. The number of nitrogens with zero attached hydrogens (tertiary/aromatic N) is 4. The molecule has 0 saturated heterocycles. The molecular weight excluding hydrogens is 300 g/mol. The van der Waals surface area contributed by atoms with Crippen LogP contribution in [0.5, 0.6) is 0 Å². The van der Waals surface area contributed by atoms with Gasteiger partial charge >= 0.3 is 5.97 Å². The van der Waals surface area contributed by atoms with Gasteiger partial charge in [-0.15, -0.1) is 22.0 Å². The Labute approximate surface area is 130 Å². The molecule has 2 heterocycles. The van der Waals surface area contributed by atoms with E-state index in [0.29, 0.717) is 11.3 Å². The van der Waals surface area contributed by atoms with Crippen molar-refractivity contribution in [1.82, 2.24) is 9.38 Å². The van der Waals surface area contributed by atoms with Crippen molar-refractivity contribution >= 4 is 34.9 Å². The molecule has 0 atom stereocenters. The van der Waals surface area contributed by atoms with Crippen molar-refractivity contribution in [2.75, 3.05) is 6.26 Å². The third-order valence-corrected chi connectivity index (χ3v) is 3.75. The first-order valence-electron chi connectivity index (χ1n) is 6.45. The Morgan fingerprint density at radius 3 is 2.86 bits per heavy atom. The van der Waals surface area contributed by atoms with Crippen LogP contribution < -0.4 is 0 Å². The van der Waals surface area contributed by atoms with Crippen molar-refractivity contribution in [2.24, 2.45) is 10.2 Å². The first-order valence-corrected chi connectivity index (χ1v) is 7.67. The van der Waals surface area contributed by atoms with E-state index in [4.69, 9.17) is 0 Å². The summed E-state index contributed by atoms with van der Waals surface area (Å²) in [5, 5.41) is 17.5. The summed E-state index contributed by atoms with van der Waals surface area (Å²) in [5.41, 5.74) is 1.07. The molecule has 110 valence electrons. The predicted octanol–water partition coefficient (Wildman–Crippen LogP) is 4.17. The minimum Gasteiger partial charge on any atom is -0.476 e. The number of carboxylic acid groups (broad SMARTS) is 1. The zero-order valence-corrected chi connectivity index (χ0v) is 12.5. The van der Waals surface area contributed by atoms with Crippen molar-refractivity contribution in [3.8, 4) is 0 Å². The second-order valence-corrected chi connectivity index (χ2v) is 5.30. The monoisotopic (exact) mass is 312 g/mol. The molecule has 0 amide bonds. The molecule has 0 aliphatic heterocycles. The van der Waals surface area contributed by atoms with Crippen LogP contribution in [0.3, 0.4) is 0 Å². The number of aromatic nitrogens is 2. The Morgan fingerprint density at radius 2 is 2.09 bits per heavy atom. The minimum atomic E-state index is -1.13. The van der Waals surface area contributed by atoms with Gasteiger partial charge in [0, 0.05) is 11.1 Å². The molecule has 0 unspecified atom stereocenters. The normalized spacial score (nSPS) is 11.3. The van der Waals surface area contributed by atoms with E-state index in [9.17, 15) is 9.90 Å². The van der Waals surface area contributed by atoms with Crippen LogP contribution in [0.15, 0.2) is 63.8 Å². The van der Waals surface area contributed by atoms with Gasteiger partial charge in [0.2, 0.25) is 0 Å². The van der Waals surface area contributed by atoms with Gasteiger partial charge in [-0.25, -0.2) is 9.78 Å². The van der Waals surface area contributed by atoms with E-state index >= 15 is 0 Å². The maximum absolute atomic E-state index is 11.3. The first kappa shape index (κ1) is 14.3. The van der Waals surface area contributed by atoms with Crippen LogP contribution in [0.1, 0.15) is 10.5 Å². The summed E-state index contributed by atoms with van der Waals surface area (Å²) < 4.78 is 1.60. The van der Waals surface area contributed by atoms with Crippen LogP contribution in [0, 0.1) is 0 Å². The average molecular weight is 312 g/mol. The standard InChI is InChI=1S/C15H12N4O2S/c1-22-11-6-4-5-10(9-11)17-18-14-13(15(20)21)16-12-7-2-3-8-19(12)14/h2-9H,1H3,(H,20,21). The highest BCUT2D eigenvalue weighted by Gasteiger charge is 2.17. The summed E-state index contributed by atoms with van der Waals surface area (Å²) in [6, 6.07) is 12.8. The number of thioether (sulfide) groups is 1. The second-order valence-electron chi connectivity index (χ2n) is 4.42. The molecule has 22 heavy (non-hydrogen) atoms. The molecule has 7 heteroatoms. The Morgan fingerprint density at radius 1 is 1.23 bits per heavy atom. The molecule has 6 nitrogen and oxygen atoms in total. The lowest BCUT2D eigenvalue weighted by Gasteiger charge is -1.98. The Bertz CT molecular complexity index is 873. The molecule has 3 rings (SSSR count). The lowest BCUT2D eigenvalue weighted by Crippen LogP contribution is -1.96. The second kappa shape index (κ2) is 5.98. The summed E-state index contributed by atoms with van der Waals surface area (Å²) in [6.07, 6.45) is 3.69. The third-order valence-electron chi connectivity index (χ3n) is 3.02. The number of benzene rings is 1. The number of hydrogen-bond donors (Lipinski definition) is 1. The van der Waals surface area contributed by atoms with Crippen molar-refractivity contribution < 1.29 is 9.90 Å². The predicted molar refractivity (Wildman–Crippen MR) is 84.6 cm³/mol. The number of azo groups is 1. The quantitative estimate of drug-likeness (QED) is 0.579. The van der Waals surface area contributed by atoms with Gasteiger partial charge < -0.3 is 5.11 Å². The molecule has 0 saturated carbocycles.